The molecule has 80 valence electrons. The molecule has 3 rings (SSSR count). The van der Waals surface area contributed by atoms with E-state index in [1.165, 1.54) is 25.8 Å². The highest BCUT2D eigenvalue weighted by molar-refractivity contribution is 5.05. The molecule has 0 heterocycles. The molecule has 3 saturated carbocycles. The largest absolute Gasteiger partial charge is 0.314 e. The molecule has 14 heavy (non-hydrogen) atoms. The highest BCUT2D eigenvalue weighted by Crippen LogP contribution is 2.58. The average molecular weight is 193 g/mol. The molecule has 0 amide bonds. The minimum absolute atomic E-state index is 0.902. The van der Waals surface area contributed by atoms with Crippen LogP contribution < -0.4 is 5.32 Å². The van der Waals surface area contributed by atoms with Gasteiger partial charge >= 0.3 is 0 Å². The van der Waals surface area contributed by atoms with Crippen molar-refractivity contribution in [3.8, 4) is 0 Å². The van der Waals surface area contributed by atoms with E-state index in [4.69, 9.17) is 0 Å². The summed E-state index contributed by atoms with van der Waals surface area (Å²) in [6.45, 7) is 3.52. The van der Waals surface area contributed by atoms with Gasteiger partial charge in [-0.25, -0.2) is 0 Å². The van der Waals surface area contributed by atoms with Crippen molar-refractivity contribution in [1.82, 2.24) is 5.32 Å². The zero-order valence-electron chi connectivity index (χ0n) is 9.34. The molecule has 0 aromatic heterocycles. The number of hydrogen-bond donors (Lipinski definition) is 1. The molecule has 3 aliphatic rings. The first-order valence-corrected chi connectivity index (χ1v) is 6.63. The third kappa shape index (κ3) is 1.25. The van der Waals surface area contributed by atoms with Crippen LogP contribution in [-0.4, -0.2) is 12.6 Å². The van der Waals surface area contributed by atoms with Gasteiger partial charge in [0.25, 0.3) is 0 Å². The first-order valence-electron chi connectivity index (χ1n) is 6.63. The van der Waals surface area contributed by atoms with Crippen molar-refractivity contribution >= 4 is 0 Å². The van der Waals surface area contributed by atoms with Gasteiger partial charge in [0.2, 0.25) is 0 Å². The van der Waals surface area contributed by atoms with Gasteiger partial charge in [0.1, 0.15) is 0 Å². The maximum atomic E-state index is 3.78. The van der Waals surface area contributed by atoms with Crippen LogP contribution in [0.2, 0.25) is 0 Å². The van der Waals surface area contributed by atoms with E-state index >= 15 is 0 Å². The molecular weight excluding hydrogens is 170 g/mol. The SMILES string of the molecule is CCCN[C@H]1C[C@H]2C[C@@H]1[C@H]1CCC[C@H]21. The Morgan fingerprint density at radius 2 is 1.93 bits per heavy atom. The van der Waals surface area contributed by atoms with E-state index < -0.39 is 0 Å². The lowest BCUT2D eigenvalue weighted by Crippen LogP contribution is -2.39. The van der Waals surface area contributed by atoms with E-state index in [0.29, 0.717) is 0 Å². The zero-order chi connectivity index (χ0) is 9.54. The van der Waals surface area contributed by atoms with Crippen LogP contribution in [0.25, 0.3) is 0 Å². The Kier molecular flexibility index (Phi) is 2.31. The number of nitrogens with one attached hydrogen (secondary N) is 1. The Morgan fingerprint density at radius 3 is 2.79 bits per heavy atom. The van der Waals surface area contributed by atoms with E-state index in [2.05, 4.69) is 12.2 Å². The van der Waals surface area contributed by atoms with Crippen molar-refractivity contribution in [1.29, 1.82) is 0 Å². The van der Waals surface area contributed by atoms with Gasteiger partial charge in [-0.2, -0.15) is 0 Å². The molecule has 0 radical (unpaired) electrons. The summed E-state index contributed by atoms with van der Waals surface area (Å²) in [5.41, 5.74) is 0. The highest BCUT2D eigenvalue weighted by atomic mass is 14.9. The van der Waals surface area contributed by atoms with Gasteiger partial charge in [-0.05, 0) is 62.3 Å². The quantitative estimate of drug-likeness (QED) is 0.727. The predicted octanol–water partition coefficient (Wildman–Crippen LogP) is 2.81. The van der Waals surface area contributed by atoms with Gasteiger partial charge in [-0.1, -0.05) is 13.3 Å². The monoisotopic (exact) mass is 193 g/mol. The maximum Gasteiger partial charge on any atom is 0.0101 e. The standard InChI is InChI=1S/C13H23N/c1-2-6-14-13-8-9-7-12(13)11-5-3-4-10(9)11/h9-14H,2-8H2,1H3/t9-,10-,11+,12-,13+/m1/s1. The summed E-state index contributed by atoms with van der Waals surface area (Å²) >= 11 is 0. The fourth-order valence-corrected chi connectivity index (χ4v) is 4.63. The van der Waals surface area contributed by atoms with E-state index in [1.54, 1.807) is 19.3 Å². The summed E-state index contributed by atoms with van der Waals surface area (Å²) in [5, 5.41) is 3.78. The van der Waals surface area contributed by atoms with Gasteiger partial charge in [0, 0.05) is 6.04 Å². The molecular formula is C13H23N. The molecule has 5 atom stereocenters. The normalized spacial score (nSPS) is 49.9. The molecule has 0 aliphatic heterocycles. The van der Waals surface area contributed by atoms with Crippen molar-refractivity contribution in [2.75, 3.05) is 6.54 Å². The first kappa shape index (κ1) is 9.21. The average Bonchev–Trinajstić information content (AvgIpc) is 2.85. The Labute approximate surface area is 87.7 Å². The molecule has 3 fully saturated rings. The third-order valence-corrected chi connectivity index (χ3v) is 5.09. The Bertz CT molecular complexity index is 213. The predicted molar refractivity (Wildman–Crippen MR) is 59.1 cm³/mol. The van der Waals surface area contributed by atoms with E-state index in [-0.39, 0.29) is 0 Å². The van der Waals surface area contributed by atoms with Crippen LogP contribution in [0.5, 0.6) is 0 Å². The summed E-state index contributed by atoms with van der Waals surface area (Å²) in [5.74, 6) is 4.46. The number of rotatable bonds is 3. The third-order valence-electron chi connectivity index (χ3n) is 5.09. The molecule has 0 unspecified atom stereocenters. The second-order valence-electron chi connectivity index (χ2n) is 5.71. The fraction of sp³-hybridized carbons (Fsp3) is 1.00. The molecule has 1 heteroatoms. The van der Waals surface area contributed by atoms with Crippen molar-refractivity contribution < 1.29 is 0 Å². The van der Waals surface area contributed by atoms with E-state index in [9.17, 15) is 0 Å². The number of hydrogen-bond acceptors (Lipinski definition) is 1. The van der Waals surface area contributed by atoms with E-state index in [0.717, 1.165) is 29.7 Å². The smallest absolute Gasteiger partial charge is 0.0101 e. The van der Waals surface area contributed by atoms with Crippen LogP contribution in [0.15, 0.2) is 0 Å². The summed E-state index contributed by atoms with van der Waals surface area (Å²) < 4.78 is 0. The van der Waals surface area contributed by atoms with Crippen LogP contribution in [0.3, 0.4) is 0 Å². The molecule has 3 aliphatic carbocycles. The summed E-state index contributed by atoms with van der Waals surface area (Å²) in [6, 6.07) is 0.902. The molecule has 0 aromatic rings. The van der Waals surface area contributed by atoms with Crippen LogP contribution in [0.1, 0.15) is 45.4 Å². The lowest BCUT2D eigenvalue weighted by molar-refractivity contribution is 0.209. The Hall–Kier alpha value is -0.0400. The van der Waals surface area contributed by atoms with Crippen LogP contribution in [-0.2, 0) is 0 Å². The molecule has 0 saturated heterocycles. The summed E-state index contributed by atoms with van der Waals surface area (Å²) in [6.07, 6.45) is 9.01. The van der Waals surface area contributed by atoms with Gasteiger partial charge in [0.05, 0.1) is 0 Å². The molecule has 2 bridgehead atoms. The Morgan fingerprint density at radius 1 is 1.07 bits per heavy atom. The summed E-state index contributed by atoms with van der Waals surface area (Å²) in [4.78, 5) is 0. The first-order chi connectivity index (χ1) is 6.90. The Balaban J connectivity index is 1.65. The highest BCUT2D eigenvalue weighted by Gasteiger charge is 2.53. The van der Waals surface area contributed by atoms with Crippen molar-refractivity contribution in [3.63, 3.8) is 0 Å². The summed E-state index contributed by atoms with van der Waals surface area (Å²) in [7, 11) is 0. The van der Waals surface area contributed by atoms with Crippen LogP contribution in [0.4, 0.5) is 0 Å². The van der Waals surface area contributed by atoms with Crippen molar-refractivity contribution in [2.24, 2.45) is 23.7 Å². The molecule has 1 N–H and O–H groups in total. The second-order valence-corrected chi connectivity index (χ2v) is 5.71. The minimum Gasteiger partial charge on any atom is -0.314 e. The van der Waals surface area contributed by atoms with Crippen molar-refractivity contribution in [3.05, 3.63) is 0 Å². The molecule has 0 aromatic carbocycles. The van der Waals surface area contributed by atoms with Crippen LogP contribution >= 0.6 is 0 Å². The van der Waals surface area contributed by atoms with Gasteiger partial charge in [0.15, 0.2) is 0 Å². The molecule has 0 spiro atoms. The lowest BCUT2D eigenvalue weighted by Gasteiger charge is -2.32. The second kappa shape index (κ2) is 3.52. The van der Waals surface area contributed by atoms with E-state index in [1.807, 2.05) is 0 Å². The molecule has 1 nitrogen and oxygen atoms in total. The number of fused-ring (bicyclic) bond motifs is 5. The van der Waals surface area contributed by atoms with Crippen molar-refractivity contribution in [2.45, 2.75) is 51.5 Å². The van der Waals surface area contributed by atoms with Crippen LogP contribution in [0, 0.1) is 23.7 Å². The lowest BCUT2D eigenvalue weighted by atomic mass is 9.79. The maximum absolute atomic E-state index is 3.78. The van der Waals surface area contributed by atoms with Gasteiger partial charge in [-0.15, -0.1) is 0 Å². The van der Waals surface area contributed by atoms with Gasteiger partial charge in [-0.3, -0.25) is 0 Å². The zero-order valence-corrected chi connectivity index (χ0v) is 9.34. The van der Waals surface area contributed by atoms with Gasteiger partial charge < -0.3 is 5.32 Å². The minimum atomic E-state index is 0.902. The fourth-order valence-electron chi connectivity index (χ4n) is 4.63. The topological polar surface area (TPSA) is 12.0 Å².